The molecule has 0 spiro atoms. The topological polar surface area (TPSA) is 94.2 Å². The number of halogens is 1. The molecular formula is C25H27ClN2O6S. The predicted octanol–water partition coefficient (Wildman–Crippen LogP) is 4.06. The number of anilines is 1. The molecule has 0 atom stereocenters. The summed E-state index contributed by atoms with van der Waals surface area (Å²) in [6.45, 7) is 1.85. The number of para-hydroxylation sites is 1. The van der Waals surface area contributed by atoms with Crippen molar-refractivity contribution >= 4 is 33.2 Å². The van der Waals surface area contributed by atoms with Crippen LogP contribution in [0.15, 0.2) is 71.6 Å². The Morgan fingerprint density at radius 2 is 1.69 bits per heavy atom. The molecule has 8 nitrogen and oxygen atoms in total. The van der Waals surface area contributed by atoms with E-state index in [2.05, 4.69) is 5.32 Å². The average molecular weight is 519 g/mol. The van der Waals surface area contributed by atoms with Gasteiger partial charge in [0.05, 0.1) is 31.3 Å². The van der Waals surface area contributed by atoms with Gasteiger partial charge in [-0.15, -0.1) is 0 Å². The van der Waals surface area contributed by atoms with Gasteiger partial charge in [0.15, 0.2) is 11.5 Å². The lowest BCUT2D eigenvalue weighted by molar-refractivity contribution is -0.119. The van der Waals surface area contributed by atoms with E-state index in [9.17, 15) is 13.2 Å². The molecule has 0 aliphatic rings. The van der Waals surface area contributed by atoms with Gasteiger partial charge in [-0.1, -0.05) is 35.9 Å². The molecule has 1 N–H and O–H groups in total. The zero-order chi connectivity index (χ0) is 25.4. The van der Waals surface area contributed by atoms with E-state index >= 15 is 0 Å². The Hall–Kier alpha value is -3.43. The van der Waals surface area contributed by atoms with Gasteiger partial charge in [-0.2, -0.15) is 0 Å². The van der Waals surface area contributed by atoms with E-state index in [1.165, 1.54) is 32.4 Å². The first-order chi connectivity index (χ1) is 16.8. The Morgan fingerprint density at radius 3 is 2.34 bits per heavy atom. The van der Waals surface area contributed by atoms with E-state index in [-0.39, 0.29) is 23.8 Å². The monoisotopic (exact) mass is 518 g/mol. The van der Waals surface area contributed by atoms with Gasteiger partial charge in [0.2, 0.25) is 5.91 Å². The number of nitrogens with one attached hydrogen (secondary N) is 1. The smallest absolute Gasteiger partial charge is 0.264 e. The average Bonchev–Trinajstić information content (AvgIpc) is 2.87. The number of hydrogen-bond donors (Lipinski definition) is 1. The third kappa shape index (κ3) is 6.58. The summed E-state index contributed by atoms with van der Waals surface area (Å²) >= 11 is 6.09. The minimum absolute atomic E-state index is 0.0358. The van der Waals surface area contributed by atoms with Crippen molar-refractivity contribution in [3.05, 3.63) is 77.3 Å². The summed E-state index contributed by atoms with van der Waals surface area (Å²) in [7, 11) is -1.22. The SMILES string of the molecule is COc1ccc(S(=O)(=O)N(CC(=O)NCCOc2ccc(C)c(Cl)c2)c2ccccc2)cc1OC. The molecule has 3 aromatic rings. The summed E-state index contributed by atoms with van der Waals surface area (Å²) < 4.78 is 44.1. The number of carbonyl (C=O) groups is 1. The highest BCUT2D eigenvalue weighted by molar-refractivity contribution is 7.92. The van der Waals surface area contributed by atoms with Gasteiger partial charge >= 0.3 is 0 Å². The molecule has 0 bridgehead atoms. The second kappa shape index (κ2) is 11.8. The highest BCUT2D eigenvalue weighted by atomic mass is 35.5. The molecule has 186 valence electrons. The van der Waals surface area contributed by atoms with E-state index in [0.29, 0.717) is 22.2 Å². The lowest BCUT2D eigenvalue weighted by atomic mass is 10.2. The number of amides is 1. The Bertz CT molecular complexity index is 1270. The molecule has 0 saturated heterocycles. The first-order valence-corrected chi connectivity index (χ1v) is 12.5. The standard InChI is InChI=1S/C25H27ClN2O6S/c1-18-9-10-20(15-22(18)26)34-14-13-27-25(29)17-28(19-7-5-4-6-8-19)35(30,31)21-11-12-23(32-2)24(16-21)33-3/h4-12,15-16H,13-14,17H2,1-3H3,(H,27,29). The summed E-state index contributed by atoms with van der Waals surface area (Å²) in [4.78, 5) is 12.7. The molecule has 0 aliphatic carbocycles. The lowest BCUT2D eigenvalue weighted by Crippen LogP contribution is -2.41. The third-order valence-corrected chi connectivity index (χ3v) is 7.29. The van der Waals surface area contributed by atoms with Crippen molar-refractivity contribution in [2.45, 2.75) is 11.8 Å². The van der Waals surface area contributed by atoms with Gasteiger partial charge in [0.1, 0.15) is 18.9 Å². The van der Waals surface area contributed by atoms with Crippen molar-refractivity contribution in [2.24, 2.45) is 0 Å². The summed E-state index contributed by atoms with van der Waals surface area (Å²) in [5.41, 5.74) is 1.28. The molecule has 3 aromatic carbocycles. The molecule has 0 aromatic heterocycles. The van der Waals surface area contributed by atoms with Gasteiger partial charge in [0.25, 0.3) is 10.0 Å². The molecule has 0 saturated carbocycles. The Morgan fingerprint density at radius 1 is 0.971 bits per heavy atom. The summed E-state index contributed by atoms with van der Waals surface area (Å²) in [5, 5.41) is 3.28. The Labute approximate surface area is 210 Å². The number of aryl methyl sites for hydroxylation is 1. The van der Waals surface area contributed by atoms with Gasteiger partial charge < -0.3 is 19.5 Å². The van der Waals surface area contributed by atoms with Crippen LogP contribution < -0.4 is 23.8 Å². The number of nitrogens with zero attached hydrogens (tertiary/aromatic N) is 1. The largest absolute Gasteiger partial charge is 0.493 e. The fraction of sp³-hybridized carbons (Fsp3) is 0.240. The fourth-order valence-electron chi connectivity index (χ4n) is 3.22. The number of hydrogen-bond acceptors (Lipinski definition) is 6. The highest BCUT2D eigenvalue weighted by Gasteiger charge is 2.28. The molecule has 10 heteroatoms. The number of ether oxygens (including phenoxy) is 3. The minimum Gasteiger partial charge on any atom is -0.493 e. The van der Waals surface area contributed by atoms with Crippen molar-refractivity contribution < 1.29 is 27.4 Å². The molecule has 0 fully saturated rings. The van der Waals surface area contributed by atoms with Crippen LogP contribution in [0.3, 0.4) is 0 Å². The Balaban J connectivity index is 1.73. The van der Waals surface area contributed by atoms with Crippen molar-refractivity contribution in [3.63, 3.8) is 0 Å². The zero-order valence-electron chi connectivity index (χ0n) is 19.7. The first kappa shape index (κ1) is 26.2. The molecule has 0 heterocycles. The van der Waals surface area contributed by atoms with Crippen LogP contribution in [-0.4, -0.2) is 48.2 Å². The van der Waals surface area contributed by atoms with Gasteiger partial charge in [0, 0.05) is 11.1 Å². The maximum Gasteiger partial charge on any atom is 0.264 e. The minimum atomic E-state index is -4.10. The molecule has 1 amide bonds. The number of methoxy groups -OCH3 is 2. The van der Waals surface area contributed by atoms with E-state index in [0.717, 1.165) is 9.87 Å². The third-order valence-electron chi connectivity index (χ3n) is 5.11. The van der Waals surface area contributed by atoms with Crippen molar-refractivity contribution in [3.8, 4) is 17.2 Å². The van der Waals surface area contributed by atoms with Crippen LogP contribution in [-0.2, 0) is 14.8 Å². The van der Waals surface area contributed by atoms with Crippen molar-refractivity contribution in [1.82, 2.24) is 5.32 Å². The summed E-state index contributed by atoms with van der Waals surface area (Å²) in [5.74, 6) is 0.755. The normalized spacial score (nSPS) is 11.0. The quantitative estimate of drug-likeness (QED) is 0.385. The van der Waals surface area contributed by atoms with Gasteiger partial charge in [-0.05, 0) is 48.9 Å². The van der Waals surface area contributed by atoms with E-state index in [4.69, 9.17) is 25.8 Å². The lowest BCUT2D eigenvalue weighted by Gasteiger charge is -2.24. The molecular weight excluding hydrogens is 492 g/mol. The van der Waals surface area contributed by atoms with Crippen LogP contribution in [0.5, 0.6) is 17.2 Å². The Kier molecular flexibility index (Phi) is 8.84. The van der Waals surface area contributed by atoms with E-state index in [1.54, 1.807) is 42.5 Å². The van der Waals surface area contributed by atoms with Crippen LogP contribution in [0, 0.1) is 6.92 Å². The maximum absolute atomic E-state index is 13.5. The molecule has 35 heavy (non-hydrogen) atoms. The van der Waals surface area contributed by atoms with Crippen LogP contribution in [0.1, 0.15) is 5.56 Å². The molecule has 0 unspecified atom stereocenters. The number of sulfonamides is 1. The van der Waals surface area contributed by atoms with E-state index < -0.39 is 22.5 Å². The van der Waals surface area contributed by atoms with Gasteiger partial charge in [-0.25, -0.2) is 8.42 Å². The van der Waals surface area contributed by atoms with Crippen LogP contribution >= 0.6 is 11.6 Å². The van der Waals surface area contributed by atoms with Crippen LogP contribution in [0.25, 0.3) is 0 Å². The molecule has 0 radical (unpaired) electrons. The molecule has 0 aliphatic heterocycles. The second-order valence-electron chi connectivity index (χ2n) is 7.47. The second-order valence-corrected chi connectivity index (χ2v) is 9.74. The van der Waals surface area contributed by atoms with Gasteiger partial charge in [-0.3, -0.25) is 9.10 Å². The first-order valence-electron chi connectivity index (χ1n) is 10.7. The van der Waals surface area contributed by atoms with Crippen molar-refractivity contribution in [1.29, 1.82) is 0 Å². The zero-order valence-corrected chi connectivity index (χ0v) is 21.2. The van der Waals surface area contributed by atoms with Crippen LogP contribution in [0.4, 0.5) is 5.69 Å². The maximum atomic E-state index is 13.5. The number of carbonyl (C=O) groups excluding carboxylic acids is 1. The number of benzene rings is 3. The molecule has 3 rings (SSSR count). The summed E-state index contributed by atoms with van der Waals surface area (Å²) in [6, 6.07) is 18.0. The van der Waals surface area contributed by atoms with Crippen LogP contribution in [0.2, 0.25) is 5.02 Å². The summed E-state index contributed by atoms with van der Waals surface area (Å²) in [6.07, 6.45) is 0. The van der Waals surface area contributed by atoms with Crippen molar-refractivity contribution in [2.75, 3.05) is 38.2 Å². The fourth-order valence-corrected chi connectivity index (χ4v) is 4.83. The highest BCUT2D eigenvalue weighted by Crippen LogP contribution is 2.32. The van der Waals surface area contributed by atoms with E-state index in [1.807, 2.05) is 13.0 Å². The number of rotatable bonds is 11. The predicted molar refractivity (Wildman–Crippen MR) is 135 cm³/mol.